The van der Waals surface area contributed by atoms with E-state index in [4.69, 9.17) is 27.9 Å². The van der Waals surface area contributed by atoms with Crippen LogP contribution >= 0.6 is 35.0 Å². The van der Waals surface area contributed by atoms with Gasteiger partial charge in [-0.3, -0.25) is 4.79 Å². The van der Waals surface area contributed by atoms with Crippen LogP contribution in [0, 0.1) is 11.3 Å². The molecular formula is C28H18Cl2F3N3O2S. The Morgan fingerprint density at radius 2 is 1.59 bits per heavy atom. The predicted molar refractivity (Wildman–Crippen MR) is 146 cm³/mol. The van der Waals surface area contributed by atoms with Gasteiger partial charge in [-0.1, -0.05) is 47.1 Å². The van der Waals surface area contributed by atoms with Crippen molar-refractivity contribution in [3.8, 4) is 23.1 Å². The summed E-state index contributed by atoms with van der Waals surface area (Å²) in [5.74, 6) is -0.233. The highest BCUT2D eigenvalue weighted by atomic mass is 35.5. The number of benzene rings is 3. The average Bonchev–Trinajstić information content (AvgIpc) is 2.92. The molecule has 198 valence electrons. The maximum absolute atomic E-state index is 13.9. The summed E-state index contributed by atoms with van der Waals surface area (Å²) in [6.45, 7) is 0.280. The van der Waals surface area contributed by atoms with Gasteiger partial charge in [-0.2, -0.15) is 18.4 Å². The first-order chi connectivity index (χ1) is 18.6. The van der Waals surface area contributed by atoms with Crippen molar-refractivity contribution in [1.82, 2.24) is 4.98 Å². The summed E-state index contributed by atoms with van der Waals surface area (Å²) < 4.78 is 47.4. The van der Waals surface area contributed by atoms with E-state index in [0.29, 0.717) is 27.0 Å². The zero-order valence-corrected chi connectivity index (χ0v) is 22.3. The van der Waals surface area contributed by atoms with E-state index in [0.717, 1.165) is 23.4 Å². The van der Waals surface area contributed by atoms with Crippen molar-refractivity contribution in [2.75, 3.05) is 11.1 Å². The molecule has 0 aliphatic heterocycles. The molecule has 0 atom stereocenters. The third-order valence-corrected chi connectivity index (χ3v) is 6.82. The van der Waals surface area contributed by atoms with Crippen LogP contribution in [0.4, 0.5) is 18.9 Å². The zero-order valence-electron chi connectivity index (χ0n) is 19.9. The van der Waals surface area contributed by atoms with E-state index in [2.05, 4.69) is 10.3 Å². The van der Waals surface area contributed by atoms with Gasteiger partial charge in [-0.05, 0) is 72.3 Å². The number of hydrogen-bond donors (Lipinski definition) is 1. The van der Waals surface area contributed by atoms with E-state index >= 15 is 0 Å². The van der Waals surface area contributed by atoms with E-state index in [-0.39, 0.29) is 23.1 Å². The Bertz CT molecular complexity index is 1510. The van der Waals surface area contributed by atoms with Gasteiger partial charge in [0.05, 0.1) is 22.6 Å². The summed E-state index contributed by atoms with van der Waals surface area (Å²) in [4.78, 5) is 16.7. The van der Waals surface area contributed by atoms with Gasteiger partial charge in [0, 0.05) is 21.3 Å². The van der Waals surface area contributed by atoms with Crippen molar-refractivity contribution in [2.24, 2.45) is 0 Å². The first kappa shape index (κ1) is 28.3. The number of aromatic nitrogens is 1. The van der Waals surface area contributed by atoms with Gasteiger partial charge < -0.3 is 10.1 Å². The Balaban J connectivity index is 1.54. The number of carbonyl (C=O) groups is 1. The quantitative estimate of drug-likeness (QED) is 0.210. The molecule has 0 radical (unpaired) electrons. The molecule has 4 rings (SSSR count). The smallest absolute Gasteiger partial charge is 0.417 e. The third-order valence-electron chi connectivity index (χ3n) is 5.34. The zero-order chi connectivity index (χ0) is 28.0. The molecule has 3 aromatic carbocycles. The lowest BCUT2D eigenvalue weighted by Gasteiger charge is -2.14. The second-order valence-electron chi connectivity index (χ2n) is 8.13. The lowest BCUT2D eigenvalue weighted by molar-refractivity contribution is -0.138. The minimum absolute atomic E-state index is 0.00573. The Hall–Kier alpha value is -3.71. The number of alkyl halides is 3. The SMILES string of the molecule is N#Cc1c(C(F)(F)F)cc(-c2ccc(OCc3ccc(Cl)cc3)cc2)nc1SCC(=O)Nc1ccc(Cl)cc1. The molecule has 11 heteroatoms. The molecule has 0 saturated heterocycles. The van der Waals surface area contributed by atoms with Crippen LogP contribution in [0.25, 0.3) is 11.3 Å². The molecule has 1 amide bonds. The number of nitrogens with one attached hydrogen (secondary N) is 1. The van der Waals surface area contributed by atoms with Crippen LogP contribution in [-0.4, -0.2) is 16.6 Å². The predicted octanol–water partition coefficient (Wildman–Crippen LogP) is 8.26. The Morgan fingerprint density at radius 1 is 0.974 bits per heavy atom. The molecule has 39 heavy (non-hydrogen) atoms. The minimum Gasteiger partial charge on any atom is -0.489 e. The second-order valence-corrected chi connectivity index (χ2v) is 9.96. The Kier molecular flexibility index (Phi) is 9.02. The molecule has 0 saturated carbocycles. The monoisotopic (exact) mass is 587 g/mol. The molecule has 1 aromatic heterocycles. The number of thioether (sulfide) groups is 1. The van der Waals surface area contributed by atoms with Gasteiger partial charge in [0.15, 0.2) is 0 Å². The van der Waals surface area contributed by atoms with Gasteiger partial charge in [0.1, 0.15) is 23.5 Å². The number of rotatable bonds is 8. The number of hydrogen-bond acceptors (Lipinski definition) is 5. The van der Waals surface area contributed by atoms with Crippen LogP contribution in [0.1, 0.15) is 16.7 Å². The summed E-state index contributed by atoms with van der Waals surface area (Å²) in [5, 5.41) is 13.0. The van der Waals surface area contributed by atoms with Gasteiger partial charge in [0.25, 0.3) is 0 Å². The standard InChI is InChI=1S/C28H18Cl2F3N3O2S/c29-19-5-1-17(2-6-19)15-38-22-11-3-18(4-12-22)25-13-24(28(31,32)33)23(14-34)27(36-25)39-16-26(37)35-21-9-7-20(30)8-10-21/h1-13H,15-16H2,(H,35,37). The number of nitriles is 1. The number of pyridine rings is 1. The van der Waals surface area contributed by atoms with Crippen molar-refractivity contribution in [3.05, 3.63) is 106 Å². The molecule has 1 N–H and O–H groups in total. The lowest BCUT2D eigenvalue weighted by Crippen LogP contribution is -2.15. The fraction of sp³-hybridized carbons (Fsp3) is 0.107. The maximum atomic E-state index is 13.9. The third kappa shape index (κ3) is 7.67. The summed E-state index contributed by atoms with van der Waals surface area (Å²) in [6, 6.07) is 22.3. The Morgan fingerprint density at radius 3 is 2.18 bits per heavy atom. The molecule has 0 spiro atoms. The van der Waals surface area contributed by atoms with Gasteiger partial charge in [-0.15, -0.1) is 0 Å². The molecule has 4 aromatic rings. The highest BCUT2D eigenvalue weighted by Crippen LogP contribution is 2.38. The highest BCUT2D eigenvalue weighted by molar-refractivity contribution is 8.00. The van der Waals surface area contributed by atoms with E-state index in [1.165, 1.54) is 0 Å². The van der Waals surface area contributed by atoms with Gasteiger partial charge in [-0.25, -0.2) is 4.98 Å². The maximum Gasteiger partial charge on any atom is 0.417 e. The number of carbonyl (C=O) groups excluding carboxylic acids is 1. The van der Waals surface area contributed by atoms with E-state index < -0.39 is 23.2 Å². The fourth-order valence-electron chi connectivity index (χ4n) is 3.44. The summed E-state index contributed by atoms with van der Waals surface area (Å²) in [6.07, 6.45) is -4.80. The van der Waals surface area contributed by atoms with Crippen LogP contribution in [0.15, 0.2) is 83.9 Å². The van der Waals surface area contributed by atoms with E-state index in [1.54, 1.807) is 66.7 Å². The van der Waals surface area contributed by atoms with E-state index in [1.807, 2.05) is 12.1 Å². The number of halogens is 5. The molecule has 0 fully saturated rings. The number of nitrogens with zero attached hydrogens (tertiary/aromatic N) is 2. The average molecular weight is 588 g/mol. The molecule has 0 bridgehead atoms. The number of anilines is 1. The normalized spacial score (nSPS) is 11.1. The second kappa shape index (κ2) is 12.4. The van der Waals surface area contributed by atoms with Crippen LogP contribution < -0.4 is 10.1 Å². The Labute approximate surface area is 236 Å². The fourth-order valence-corrected chi connectivity index (χ4v) is 4.49. The number of ether oxygens (including phenoxy) is 1. The van der Waals surface area contributed by atoms with E-state index in [9.17, 15) is 23.2 Å². The molecule has 0 unspecified atom stereocenters. The van der Waals surface area contributed by atoms with Crippen LogP contribution in [0.5, 0.6) is 5.75 Å². The van der Waals surface area contributed by atoms with Crippen LogP contribution in [0.3, 0.4) is 0 Å². The van der Waals surface area contributed by atoms with Crippen molar-refractivity contribution >= 4 is 46.6 Å². The highest BCUT2D eigenvalue weighted by Gasteiger charge is 2.36. The van der Waals surface area contributed by atoms with Gasteiger partial charge >= 0.3 is 6.18 Å². The first-order valence-corrected chi connectivity index (χ1v) is 13.0. The molecule has 0 aliphatic rings. The largest absolute Gasteiger partial charge is 0.489 e. The summed E-state index contributed by atoms with van der Waals surface area (Å²) in [5.41, 5.74) is -0.00462. The van der Waals surface area contributed by atoms with Crippen LogP contribution in [0.2, 0.25) is 10.0 Å². The van der Waals surface area contributed by atoms with Crippen molar-refractivity contribution < 1.29 is 22.7 Å². The molecule has 5 nitrogen and oxygen atoms in total. The summed E-state index contributed by atoms with van der Waals surface area (Å²) >= 11 is 12.5. The van der Waals surface area contributed by atoms with Crippen molar-refractivity contribution in [1.29, 1.82) is 5.26 Å². The van der Waals surface area contributed by atoms with Crippen LogP contribution in [-0.2, 0) is 17.6 Å². The van der Waals surface area contributed by atoms with Crippen molar-refractivity contribution in [2.45, 2.75) is 17.8 Å². The molecule has 1 heterocycles. The van der Waals surface area contributed by atoms with Gasteiger partial charge in [0.2, 0.25) is 5.91 Å². The summed E-state index contributed by atoms with van der Waals surface area (Å²) in [7, 11) is 0. The lowest BCUT2D eigenvalue weighted by atomic mass is 10.1. The molecule has 0 aliphatic carbocycles. The topological polar surface area (TPSA) is 75.0 Å². The van der Waals surface area contributed by atoms with Crippen molar-refractivity contribution in [3.63, 3.8) is 0 Å². The minimum atomic E-state index is -4.80. The molecular weight excluding hydrogens is 570 g/mol. The first-order valence-electron chi connectivity index (χ1n) is 11.3. The number of amides is 1.